The molecule has 1 aromatic rings. The second-order valence-electron chi connectivity index (χ2n) is 14.2. The van der Waals surface area contributed by atoms with Crippen molar-refractivity contribution in [1.29, 1.82) is 0 Å². The van der Waals surface area contributed by atoms with Gasteiger partial charge < -0.3 is 14.9 Å². The summed E-state index contributed by atoms with van der Waals surface area (Å²) in [4.78, 5) is 13.2. The van der Waals surface area contributed by atoms with E-state index in [1.807, 2.05) is 18.2 Å². The predicted molar refractivity (Wildman–Crippen MR) is 152 cm³/mol. The zero-order valence-corrected chi connectivity index (χ0v) is 24.3. The van der Waals surface area contributed by atoms with Crippen LogP contribution in [0.25, 0.3) is 0 Å². The molecule has 0 bridgehead atoms. The monoisotopic (exact) mass is 522 g/mol. The molecule has 4 aliphatic rings. The van der Waals surface area contributed by atoms with Gasteiger partial charge in [-0.25, -0.2) is 4.79 Å². The number of allylic oxidation sites excluding steroid dienone is 1. The first-order chi connectivity index (χ1) is 18.0. The lowest BCUT2D eigenvalue weighted by molar-refractivity contribution is -0.210. The molecule has 4 heteroatoms. The van der Waals surface area contributed by atoms with Gasteiger partial charge in [-0.1, -0.05) is 77.7 Å². The average molecular weight is 523 g/mol. The van der Waals surface area contributed by atoms with E-state index in [0.29, 0.717) is 29.7 Å². The van der Waals surface area contributed by atoms with Gasteiger partial charge in [0.2, 0.25) is 0 Å². The molecule has 4 nitrogen and oxygen atoms in total. The molecule has 3 saturated carbocycles. The van der Waals surface area contributed by atoms with Gasteiger partial charge in [-0.05, 0) is 91.7 Å². The number of rotatable bonds is 7. The van der Waals surface area contributed by atoms with E-state index in [2.05, 4.69) is 40.7 Å². The summed E-state index contributed by atoms with van der Waals surface area (Å²) in [6.07, 6.45) is 11.2. The molecule has 4 aliphatic carbocycles. The number of fused-ring (bicyclic) bond motifs is 5. The Bertz CT molecular complexity index is 1030. The molecule has 0 aromatic heterocycles. The normalized spacial score (nSPS) is 41.1. The molecule has 0 spiro atoms. The van der Waals surface area contributed by atoms with Crippen LogP contribution in [0.2, 0.25) is 0 Å². The first-order valence-electron chi connectivity index (χ1n) is 15.4. The minimum absolute atomic E-state index is 0.258. The minimum atomic E-state index is -1.26. The predicted octanol–water partition coefficient (Wildman–Crippen LogP) is 7.34. The van der Waals surface area contributed by atoms with Gasteiger partial charge in [-0.2, -0.15) is 0 Å². The standard InChI is InChI=1S/C34H50O4/c1-22(2)10-9-11-23(3)27-14-15-28-26-20-30(38-31(36)24-12-7-6-8-13-24)34(37)21-25(35)16-19-33(34,5)29(26)17-18-32(27,28)4/h6-8,12-13,20,22-23,25,27-30,35,37H,9-11,14-19,21H2,1-5H3. The first kappa shape index (κ1) is 27.9. The van der Waals surface area contributed by atoms with Crippen molar-refractivity contribution in [2.24, 2.45) is 40.4 Å². The Labute approximate surface area is 230 Å². The molecule has 9 atom stereocenters. The number of aliphatic hydroxyl groups excluding tert-OH is 1. The molecule has 3 fully saturated rings. The highest BCUT2D eigenvalue weighted by atomic mass is 16.6. The van der Waals surface area contributed by atoms with Crippen molar-refractivity contribution in [2.45, 2.75) is 117 Å². The van der Waals surface area contributed by atoms with E-state index in [-0.39, 0.29) is 17.8 Å². The summed E-state index contributed by atoms with van der Waals surface area (Å²) in [5, 5.41) is 23.0. The van der Waals surface area contributed by atoms with Gasteiger partial charge in [0.1, 0.15) is 11.7 Å². The van der Waals surface area contributed by atoms with Crippen molar-refractivity contribution in [3.63, 3.8) is 0 Å². The molecular formula is C34H50O4. The van der Waals surface area contributed by atoms with Crippen LogP contribution < -0.4 is 0 Å². The molecule has 0 aliphatic heterocycles. The number of esters is 1. The Hall–Kier alpha value is -1.65. The van der Waals surface area contributed by atoms with Crippen molar-refractivity contribution >= 4 is 5.97 Å². The number of aliphatic hydroxyl groups is 2. The van der Waals surface area contributed by atoms with Crippen LogP contribution in [0, 0.1) is 40.4 Å². The smallest absolute Gasteiger partial charge is 0.338 e. The van der Waals surface area contributed by atoms with E-state index in [1.54, 1.807) is 12.1 Å². The summed E-state index contributed by atoms with van der Waals surface area (Å²) < 4.78 is 6.17. The third-order valence-electron chi connectivity index (χ3n) is 11.7. The van der Waals surface area contributed by atoms with Crippen LogP contribution in [0.15, 0.2) is 42.0 Å². The van der Waals surface area contributed by atoms with Gasteiger partial charge in [0.15, 0.2) is 0 Å². The van der Waals surface area contributed by atoms with Gasteiger partial charge >= 0.3 is 5.97 Å². The van der Waals surface area contributed by atoms with Crippen molar-refractivity contribution in [2.75, 3.05) is 0 Å². The van der Waals surface area contributed by atoms with E-state index >= 15 is 0 Å². The van der Waals surface area contributed by atoms with Crippen molar-refractivity contribution in [1.82, 2.24) is 0 Å². The number of benzene rings is 1. The van der Waals surface area contributed by atoms with E-state index in [9.17, 15) is 15.0 Å². The Balaban J connectivity index is 1.47. The second kappa shape index (κ2) is 10.4. The van der Waals surface area contributed by atoms with Crippen LogP contribution in [-0.2, 0) is 4.74 Å². The van der Waals surface area contributed by atoms with Crippen LogP contribution in [0.5, 0.6) is 0 Å². The Kier molecular flexibility index (Phi) is 7.63. The maximum atomic E-state index is 13.2. The SMILES string of the molecule is CC(C)CCCC(C)C1CCC2C3=CC(OC(=O)c4ccccc4)C4(O)CC(O)CCC4(C)C3CCC21C. The van der Waals surface area contributed by atoms with Crippen molar-refractivity contribution in [3.8, 4) is 0 Å². The van der Waals surface area contributed by atoms with Gasteiger partial charge in [0, 0.05) is 11.8 Å². The van der Waals surface area contributed by atoms with Gasteiger partial charge in [0.25, 0.3) is 0 Å². The molecule has 0 amide bonds. The molecule has 38 heavy (non-hydrogen) atoms. The number of hydrogen-bond donors (Lipinski definition) is 2. The lowest BCUT2D eigenvalue weighted by Gasteiger charge is -2.62. The molecule has 9 unspecified atom stereocenters. The maximum absolute atomic E-state index is 13.2. The third kappa shape index (κ3) is 4.58. The van der Waals surface area contributed by atoms with E-state index in [1.165, 1.54) is 44.1 Å². The van der Waals surface area contributed by atoms with E-state index < -0.39 is 29.2 Å². The summed E-state index contributed by atoms with van der Waals surface area (Å²) in [6, 6.07) is 9.08. The zero-order chi connectivity index (χ0) is 27.3. The molecular weight excluding hydrogens is 472 g/mol. The summed E-state index contributed by atoms with van der Waals surface area (Å²) in [7, 11) is 0. The third-order valence-corrected chi connectivity index (χ3v) is 11.7. The summed E-state index contributed by atoms with van der Waals surface area (Å²) in [5.74, 6) is 2.55. The maximum Gasteiger partial charge on any atom is 0.338 e. The highest BCUT2D eigenvalue weighted by Crippen LogP contribution is 2.68. The minimum Gasteiger partial charge on any atom is -0.451 e. The molecule has 0 heterocycles. The number of carbonyl (C=O) groups is 1. The first-order valence-corrected chi connectivity index (χ1v) is 15.4. The van der Waals surface area contributed by atoms with Crippen LogP contribution in [-0.4, -0.2) is 34.0 Å². The summed E-state index contributed by atoms with van der Waals surface area (Å²) in [6.45, 7) is 11.9. The molecule has 210 valence electrons. The van der Waals surface area contributed by atoms with Crippen molar-refractivity contribution < 1.29 is 19.7 Å². The highest BCUT2D eigenvalue weighted by molar-refractivity contribution is 5.89. The van der Waals surface area contributed by atoms with Crippen molar-refractivity contribution in [3.05, 3.63) is 47.5 Å². The van der Waals surface area contributed by atoms with Gasteiger partial charge in [-0.15, -0.1) is 0 Å². The largest absolute Gasteiger partial charge is 0.451 e. The molecule has 1 aromatic carbocycles. The molecule has 5 rings (SSSR count). The Morgan fingerprint density at radius 1 is 1.00 bits per heavy atom. The molecule has 0 radical (unpaired) electrons. The highest BCUT2D eigenvalue weighted by Gasteiger charge is 2.66. The lowest BCUT2D eigenvalue weighted by atomic mass is 9.45. The zero-order valence-electron chi connectivity index (χ0n) is 24.3. The number of ether oxygens (including phenoxy) is 1. The average Bonchev–Trinajstić information content (AvgIpc) is 3.23. The quantitative estimate of drug-likeness (QED) is 0.290. The van der Waals surface area contributed by atoms with Gasteiger partial charge in [0.05, 0.1) is 11.7 Å². The molecule has 2 N–H and O–H groups in total. The van der Waals surface area contributed by atoms with Crippen LogP contribution in [0.3, 0.4) is 0 Å². The fourth-order valence-corrected chi connectivity index (χ4v) is 9.43. The lowest BCUT2D eigenvalue weighted by Crippen LogP contribution is -2.66. The Morgan fingerprint density at radius 2 is 1.74 bits per heavy atom. The summed E-state index contributed by atoms with van der Waals surface area (Å²) in [5.41, 5.74) is 0.511. The Morgan fingerprint density at radius 3 is 2.45 bits per heavy atom. The number of hydrogen-bond acceptors (Lipinski definition) is 4. The summed E-state index contributed by atoms with van der Waals surface area (Å²) >= 11 is 0. The van der Waals surface area contributed by atoms with Crippen LogP contribution >= 0.6 is 0 Å². The fourth-order valence-electron chi connectivity index (χ4n) is 9.43. The van der Waals surface area contributed by atoms with Gasteiger partial charge in [-0.3, -0.25) is 0 Å². The second-order valence-corrected chi connectivity index (χ2v) is 14.2. The number of carbonyl (C=O) groups excluding carboxylic acids is 1. The van der Waals surface area contributed by atoms with Crippen LogP contribution in [0.4, 0.5) is 0 Å². The van der Waals surface area contributed by atoms with E-state index in [4.69, 9.17) is 4.74 Å². The fraction of sp³-hybridized carbons (Fsp3) is 0.735. The molecule has 0 saturated heterocycles. The van der Waals surface area contributed by atoms with Crippen LogP contribution in [0.1, 0.15) is 109 Å². The van der Waals surface area contributed by atoms with E-state index in [0.717, 1.165) is 18.8 Å². The topological polar surface area (TPSA) is 66.8 Å².